The maximum atomic E-state index is 12.3. The molecule has 1 aromatic rings. The minimum absolute atomic E-state index is 0.0482. The first-order valence-corrected chi connectivity index (χ1v) is 7.29. The molecule has 1 N–H and O–H groups in total. The van der Waals surface area contributed by atoms with Crippen LogP contribution >= 0.6 is 0 Å². The molecule has 2 rings (SSSR count). The van der Waals surface area contributed by atoms with Crippen LogP contribution in [0.4, 0.5) is 4.79 Å². The van der Waals surface area contributed by atoms with E-state index in [0.717, 1.165) is 12.1 Å². The topological polar surface area (TPSA) is 41.6 Å². The molecular formula is C16H24N2O2. The summed E-state index contributed by atoms with van der Waals surface area (Å²) in [7, 11) is 0. The molecule has 1 fully saturated rings. The van der Waals surface area contributed by atoms with Crippen LogP contribution in [0.3, 0.4) is 0 Å². The molecule has 1 aliphatic heterocycles. The average molecular weight is 276 g/mol. The summed E-state index contributed by atoms with van der Waals surface area (Å²) in [6.07, 6.45) is -0.207. The van der Waals surface area contributed by atoms with E-state index in [9.17, 15) is 4.79 Å². The third-order valence-corrected chi connectivity index (χ3v) is 3.47. The van der Waals surface area contributed by atoms with Crippen LogP contribution in [0.5, 0.6) is 0 Å². The maximum Gasteiger partial charge on any atom is 0.410 e. The Morgan fingerprint density at radius 2 is 2.10 bits per heavy atom. The van der Waals surface area contributed by atoms with E-state index in [-0.39, 0.29) is 12.1 Å². The van der Waals surface area contributed by atoms with Crippen molar-refractivity contribution in [1.82, 2.24) is 10.2 Å². The van der Waals surface area contributed by atoms with Crippen molar-refractivity contribution < 1.29 is 9.53 Å². The Balaban J connectivity index is 2.10. The molecule has 2 atom stereocenters. The largest absolute Gasteiger partial charge is 0.449 e. The molecule has 4 heteroatoms. The van der Waals surface area contributed by atoms with Gasteiger partial charge in [-0.1, -0.05) is 44.2 Å². The highest BCUT2D eigenvalue weighted by atomic mass is 16.6. The standard InChI is InChI=1S/C16H24N2O2/c1-12(2)11-20-16(19)18-10-13(3)17-9-15(18)14-7-5-4-6-8-14/h4-8,12-13,15,17H,9-11H2,1-3H3. The Kier molecular flexibility index (Phi) is 5.01. The second-order valence-electron chi connectivity index (χ2n) is 5.86. The molecule has 1 heterocycles. The zero-order valence-electron chi connectivity index (χ0n) is 12.5. The SMILES string of the molecule is CC(C)COC(=O)N1CC(C)NCC1c1ccccc1. The minimum atomic E-state index is -0.207. The third-order valence-electron chi connectivity index (χ3n) is 3.47. The van der Waals surface area contributed by atoms with Gasteiger partial charge in [-0.2, -0.15) is 0 Å². The monoisotopic (exact) mass is 276 g/mol. The molecule has 2 unspecified atom stereocenters. The molecule has 0 spiro atoms. The van der Waals surface area contributed by atoms with Gasteiger partial charge in [0.05, 0.1) is 12.6 Å². The van der Waals surface area contributed by atoms with Crippen molar-refractivity contribution in [2.45, 2.75) is 32.9 Å². The molecule has 0 aliphatic carbocycles. The number of benzene rings is 1. The maximum absolute atomic E-state index is 12.3. The van der Waals surface area contributed by atoms with Crippen LogP contribution in [0.25, 0.3) is 0 Å². The van der Waals surface area contributed by atoms with Crippen molar-refractivity contribution in [1.29, 1.82) is 0 Å². The van der Waals surface area contributed by atoms with Crippen molar-refractivity contribution in [2.24, 2.45) is 5.92 Å². The molecule has 20 heavy (non-hydrogen) atoms. The summed E-state index contributed by atoms with van der Waals surface area (Å²) in [5.74, 6) is 0.356. The summed E-state index contributed by atoms with van der Waals surface area (Å²) in [5, 5.41) is 3.43. The van der Waals surface area contributed by atoms with Crippen molar-refractivity contribution in [3.63, 3.8) is 0 Å². The number of amides is 1. The fourth-order valence-electron chi connectivity index (χ4n) is 2.41. The molecule has 0 radical (unpaired) electrons. The van der Waals surface area contributed by atoms with Gasteiger partial charge < -0.3 is 10.1 Å². The highest BCUT2D eigenvalue weighted by Gasteiger charge is 2.31. The van der Waals surface area contributed by atoms with Gasteiger partial charge in [0.1, 0.15) is 0 Å². The predicted octanol–water partition coefficient (Wildman–Crippen LogP) is 2.81. The van der Waals surface area contributed by atoms with E-state index >= 15 is 0 Å². The summed E-state index contributed by atoms with van der Waals surface area (Å²) >= 11 is 0. The molecule has 0 aromatic heterocycles. The number of nitrogens with zero attached hydrogens (tertiary/aromatic N) is 1. The Morgan fingerprint density at radius 3 is 2.75 bits per heavy atom. The normalized spacial score (nSPS) is 22.9. The first-order chi connectivity index (χ1) is 9.58. The average Bonchev–Trinajstić information content (AvgIpc) is 2.45. The van der Waals surface area contributed by atoms with Gasteiger partial charge in [-0.05, 0) is 18.4 Å². The molecular weight excluding hydrogens is 252 g/mol. The van der Waals surface area contributed by atoms with Crippen LogP contribution in [0.2, 0.25) is 0 Å². The Bertz CT molecular complexity index is 433. The lowest BCUT2D eigenvalue weighted by molar-refractivity contribution is 0.0619. The second-order valence-corrected chi connectivity index (χ2v) is 5.86. The highest BCUT2D eigenvalue weighted by molar-refractivity contribution is 5.68. The van der Waals surface area contributed by atoms with Gasteiger partial charge in [0, 0.05) is 19.1 Å². The quantitative estimate of drug-likeness (QED) is 0.923. The summed E-state index contributed by atoms with van der Waals surface area (Å²) in [4.78, 5) is 14.2. The Labute approximate surface area is 121 Å². The molecule has 1 amide bonds. The lowest BCUT2D eigenvalue weighted by Gasteiger charge is -2.38. The minimum Gasteiger partial charge on any atom is -0.449 e. The van der Waals surface area contributed by atoms with E-state index in [1.54, 1.807) is 0 Å². The number of piperazine rings is 1. The molecule has 0 bridgehead atoms. The molecule has 1 aliphatic rings. The van der Waals surface area contributed by atoms with Crippen molar-refractivity contribution in [3.05, 3.63) is 35.9 Å². The Hall–Kier alpha value is -1.55. The van der Waals surface area contributed by atoms with Crippen LogP contribution in [0.15, 0.2) is 30.3 Å². The summed E-state index contributed by atoms with van der Waals surface area (Å²) in [6.45, 7) is 8.09. The van der Waals surface area contributed by atoms with Gasteiger partial charge in [-0.15, -0.1) is 0 Å². The van der Waals surface area contributed by atoms with Crippen molar-refractivity contribution in [2.75, 3.05) is 19.7 Å². The van der Waals surface area contributed by atoms with Crippen molar-refractivity contribution >= 4 is 6.09 Å². The molecule has 1 saturated heterocycles. The first-order valence-electron chi connectivity index (χ1n) is 7.29. The lowest BCUT2D eigenvalue weighted by atomic mass is 10.0. The molecule has 4 nitrogen and oxygen atoms in total. The summed E-state index contributed by atoms with van der Waals surface area (Å²) < 4.78 is 5.40. The summed E-state index contributed by atoms with van der Waals surface area (Å²) in [5.41, 5.74) is 1.15. The van der Waals surface area contributed by atoms with E-state index < -0.39 is 0 Å². The zero-order valence-corrected chi connectivity index (χ0v) is 12.5. The molecule has 110 valence electrons. The van der Waals surface area contributed by atoms with Gasteiger partial charge in [0.25, 0.3) is 0 Å². The van der Waals surface area contributed by atoms with E-state index in [4.69, 9.17) is 4.74 Å². The zero-order chi connectivity index (χ0) is 14.5. The second kappa shape index (κ2) is 6.75. The number of hydrogen-bond donors (Lipinski definition) is 1. The molecule has 1 aromatic carbocycles. The van der Waals surface area contributed by atoms with Gasteiger partial charge in [0.15, 0.2) is 0 Å². The smallest absolute Gasteiger partial charge is 0.410 e. The first kappa shape index (κ1) is 14.9. The van der Waals surface area contributed by atoms with E-state index in [2.05, 4.69) is 24.4 Å². The van der Waals surface area contributed by atoms with Gasteiger partial charge in [-0.25, -0.2) is 4.79 Å². The van der Waals surface area contributed by atoms with E-state index in [0.29, 0.717) is 25.1 Å². The number of carbonyl (C=O) groups is 1. The van der Waals surface area contributed by atoms with E-state index in [1.165, 1.54) is 0 Å². The van der Waals surface area contributed by atoms with Crippen LogP contribution in [0.1, 0.15) is 32.4 Å². The van der Waals surface area contributed by atoms with E-state index in [1.807, 2.05) is 36.9 Å². The summed E-state index contributed by atoms with van der Waals surface area (Å²) in [6, 6.07) is 10.5. The van der Waals surface area contributed by atoms with Gasteiger partial charge in [-0.3, -0.25) is 4.90 Å². The fourth-order valence-corrected chi connectivity index (χ4v) is 2.41. The predicted molar refractivity (Wildman–Crippen MR) is 79.5 cm³/mol. The van der Waals surface area contributed by atoms with Gasteiger partial charge in [0.2, 0.25) is 0 Å². The van der Waals surface area contributed by atoms with Crippen LogP contribution < -0.4 is 5.32 Å². The Morgan fingerprint density at radius 1 is 1.40 bits per heavy atom. The fraction of sp³-hybridized carbons (Fsp3) is 0.562. The van der Waals surface area contributed by atoms with Crippen LogP contribution in [0, 0.1) is 5.92 Å². The lowest BCUT2D eigenvalue weighted by Crippen LogP contribution is -2.53. The highest BCUT2D eigenvalue weighted by Crippen LogP contribution is 2.24. The van der Waals surface area contributed by atoms with Crippen LogP contribution in [-0.4, -0.2) is 36.7 Å². The number of nitrogens with one attached hydrogen (secondary N) is 1. The van der Waals surface area contributed by atoms with Crippen molar-refractivity contribution in [3.8, 4) is 0 Å². The van der Waals surface area contributed by atoms with Gasteiger partial charge >= 0.3 is 6.09 Å². The number of hydrogen-bond acceptors (Lipinski definition) is 3. The molecule has 0 saturated carbocycles. The third kappa shape index (κ3) is 3.73. The number of carbonyl (C=O) groups excluding carboxylic acids is 1. The number of rotatable bonds is 3. The van der Waals surface area contributed by atoms with Crippen LogP contribution in [-0.2, 0) is 4.74 Å². The number of ether oxygens (including phenoxy) is 1.